The van der Waals surface area contributed by atoms with Crippen molar-refractivity contribution in [2.75, 3.05) is 32.7 Å². The summed E-state index contributed by atoms with van der Waals surface area (Å²) >= 11 is 0. The molecular formula is C16H36N2OSi2. The summed E-state index contributed by atoms with van der Waals surface area (Å²) in [6.07, 6.45) is 1.25. The minimum absolute atomic E-state index is 0.258. The fraction of sp³-hybridized carbons (Fsp3) is 0.875. The molecule has 0 spiro atoms. The molecule has 1 atom stereocenters. The Morgan fingerprint density at radius 1 is 1.10 bits per heavy atom. The van der Waals surface area contributed by atoms with E-state index in [0.29, 0.717) is 0 Å². The predicted molar refractivity (Wildman–Crippen MR) is 98.4 cm³/mol. The number of hydrogen-bond acceptors (Lipinski definition) is 3. The van der Waals surface area contributed by atoms with Crippen molar-refractivity contribution >= 4 is 16.8 Å². The lowest BCUT2D eigenvalue weighted by Gasteiger charge is -2.48. The van der Waals surface area contributed by atoms with Gasteiger partial charge in [-0.05, 0) is 37.6 Å². The third kappa shape index (κ3) is 4.76. The minimum atomic E-state index is -1.99. The van der Waals surface area contributed by atoms with Gasteiger partial charge in [0.2, 0.25) is 0 Å². The van der Waals surface area contributed by atoms with Crippen molar-refractivity contribution < 1.29 is 4.12 Å². The predicted octanol–water partition coefficient (Wildman–Crippen LogP) is 3.83. The van der Waals surface area contributed by atoms with Gasteiger partial charge in [0.05, 0.1) is 0 Å². The van der Waals surface area contributed by atoms with Gasteiger partial charge in [0.15, 0.2) is 8.32 Å². The molecule has 0 aromatic rings. The molecule has 1 aliphatic rings. The van der Waals surface area contributed by atoms with Crippen LogP contribution in [0, 0.1) is 0 Å². The molecule has 0 aromatic carbocycles. The van der Waals surface area contributed by atoms with E-state index in [0.717, 1.165) is 13.1 Å². The van der Waals surface area contributed by atoms with Crippen LogP contribution in [-0.4, -0.2) is 59.0 Å². The van der Waals surface area contributed by atoms with E-state index in [4.69, 9.17) is 4.12 Å². The highest BCUT2D eigenvalue weighted by atomic mass is 28.4. The number of rotatable bonds is 6. The van der Waals surface area contributed by atoms with Gasteiger partial charge in [-0.2, -0.15) is 0 Å². The lowest BCUT2D eigenvalue weighted by Crippen LogP contribution is -2.64. The molecule has 1 saturated heterocycles. The standard InChI is InChI=1S/C16H36N2OSi2/c1-9-11-17-12-14-18(15-13-17)21(8,10-2)19-20(6,7)16(3,4)5/h10H,2,9,11-15H2,1,3-8H3. The van der Waals surface area contributed by atoms with Crippen LogP contribution in [0.2, 0.25) is 24.7 Å². The summed E-state index contributed by atoms with van der Waals surface area (Å²) in [4.78, 5) is 2.57. The lowest BCUT2D eigenvalue weighted by atomic mass is 10.2. The molecule has 21 heavy (non-hydrogen) atoms. The largest absolute Gasteiger partial charge is 0.441 e. The second kappa shape index (κ2) is 7.09. The molecule has 0 aliphatic carbocycles. The van der Waals surface area contributed by atoms with Crippen molar-refractivity contribution in [3.8, 4) is 0 Å². The summed E-state index contributed by atoms with van der Waals surface area (Å²) in [7, 11) is -3.73. The first kappa shape index (κ1) is 19.1. The molecule has 1 unspecified atom stereocenters. The zero-order valence-corrected chi connectivity index (χ0v) is 17.3. The Hall–Kier alpha value is 0.0538. The summed E-state index contributed by atoms with van der Waals surface area (Å²) in [6, 6.07) is 0. The van der Waals surface area contributed by atoms with Crippen LogP contribution >= 0.6 is 0 Å². The second-order valence-electron chi connectivity index (χ2n) is 7.95. The van der Waals surface area contributed by atoms with Crippen LogP contribution in [0.3, 0.4) is 0 Å². The minimum Gasteiger partial charge on any atom is -0.441 e. The van der Waals surface area contributed by atoms with Crippen LogP contribution in [0.5, 0.6) is 0 Å². The molecule has 1 aliphatic heterocycles. The first-order valence-electron chi connectivity index (χ1n) is 8.37. The van der Waals surface area contributed by atoms with Crippen molar-refractivity contribution in [1.29, 1.82) is 0 Å². The molecule has 1 heterocycles. The van der Waals surface area contributed by atoms with Gasteiger partial charge in [-0.3, -0.25) is 4.57 Å². The molecule has 3 nitrogen and oxygen atoms in total. The molecule has 0 aromatic heterocycles. The highest BCUT2D eigenvalue weighted by Crippen LogP contribution is 2.39. The summed E-state index contributed by atoms with van der Waals surface area (Å²) < 4.78 is 9.44. The summed E-state index contributed by atoms with van der Waals surface area (Å²) in [5.74, 6) is 0. The summed E-state index contributed by atoms with van der Waals surface area (Å²) in [5.41, 5.74) is 2.14. The Labute approximate surface area is 134 Å². The average molecular weight is 329 g/mol. The summed E-state index contributed by atoms with van der Waals surface area (Å²) in [5, 5.41) is 0.258. The van der Waals surface area contributed by atoms with Crippen LogP contribution in [0.15, 0.2) is 12.3 Å². The van der Waals surface area contributed by atoms with Crippen LogP contribution in [0.1, 0.15) is 34.1 Å². The Morgan fingerprint density at radius 3 is 2.00 bits per heavy atom. The summed E-state index contributed by atoms with van der Waals surface area (Å²) in [6.45, 7) is 26.2. The average Bonchev–Trinajstić information content (AvgIpc) is 2.38. The van der Waals surface area contributed by atoms with Gasteiger partial charge < -0.3 is 9.02 Å². The zero-order valence-electron chi connectivity index (χ0n) is 15.3. The van der Waals surface area contributed by atoms with E-state index in [9.17, 15) is 0 Å². The second-order valence-corrected chi connectivity index (χ2v) is 16.4. The Morgan fingerprint density at radius 2 is 1.62 bits per heavy atom. The fourth-order valence-electron chi connectivity index (χ4n) is 2.64. The van der Waals surface area contributed by atoms with E-state index < -0.39 is 16.8 Å². The van der Waals surface area contributed by atoms with Gasteiger partial charge in [0, 0.05) is 26.2 Å². The van der Waals surface area contributed by atoms with Gasteiger partial charge >= 0.3 is 0 Å². The maximum absolute atomic E-state index is 6.84. The van der Waals surface area contributed by atoms with Crippen LogP contribution in [-0.2, 0) is 4.12 Å². The van der Waals surface area contributed by atoms with Crippen LogP contribution < -0.4 is 0 Å². The maximum atomic E-state index is 6.84. The molecule has 5 heteroatoms. The number of piperazine rings is 1. The highest BCUT2D eigenvalue weighted by Gasteiger charge is 2.46. The molecule has 0 N–H and O–H groups in total. The zero-order chi connectivity index (χ0) is 16.3. The normalized spacial score (nSPS) is 22.0. The Kier molecular flexibility index (Phi) is 6.45. The van der Waals surface area contributed by atoms with E-state index >= 15 is 0 Å². The van der Waals surface area contributed by atoms with E-state index in [1.54, 1.807) is 0 Å². The lowest BCUT2D eigenvalue weighted by molar-refractivity contribution is 0.172. The van der Waals surface area contributed by atoms with Crippen molar-refractivity contribution in [1.82, 2.24) is 9.47 Å². The number of nitrogens with zero attached hydrogens (tertiary/aromatic N) is 2. The van der Waals surface area contributed by atoms with Gasteiger partial charge in [0.25, 0.3) is 8.48 Å². The monoisotopic (exact) mass is 328 g/mol. The maximum Gasteiger partial charge on any atom is 0.283 e. The molecule has 0 bridgehead atoms. The van der Waals surface area contributed by atoms with E-state index in [1.165, 1.54) is 26.1 Å². The molecular weight excluding hydrogens is 292 g/mol. The Balaban J connectivity index is 2.75. The molecule has 0 amide bonds. The van der Waals surface area contributed by atoms with Crippen molar-refractivity contribution in [2.24, 2.45) is 0 Å². The van der Waals surface area contributed by atoms with Crippen LogP contribution in [0.25, 0.3) is 0 Å². The first-order valence-corrected chi connectivity index (χ1v) is 13.7. The van der Waals surface area contributed by atoms with Gasteiger partial charge in [-0.15, -0.1) is 6.58 Å². The van der Waals surface area contributed by atoms with Gasteiger partial charge in [-0.1, -0.05) is 33.4 Å². The van der Waals surface area contributed by atoms with Crippen molar-refractivity contribution in [3.05, 3.63) is 12.3 Å². The Bertz CT molecular complexity index is 347. The third-order valence-corrected chi connectivity index (χ3v) is 15.0. The molecule has 1 rings (SSSR count). The van der Waals surface area contributed by atoms with E-state index in [1.807, 2.05) is 0 Å². The first-order chi connectivity index (χ1) is 9.55. The van der Waals surface area contributed by atoms with Gasteiger partial charge in [0.1, 0.15) is 0 Å². The van der Waals surface area contributed by atoms with Crippen LogP contribution in [0.4, 0.5) is 0 Å². The molecule has 124 valence electrons. The third-order valence-electron chi connectivity index (χ3n) is 5.19. The highest BCUT2D eigenvalue weighted by molar-refractivity contribution is 6.87. The van der Waals surface area contributed by atoms with Crippen molar-refractivity contribution in [2.45, 2.75) is 58.8 Å². The topological polar surface area (TPSA) is 15.7 Å². The van der Waals surface area contributed by atoms with Crippen molar-refractivity contribution in [3.63, 3.8) is 0 Å². The van der Waals surface area contributed by atoms with E-state index in [2.05, 4.69) is 69.1 Å². The quantitative estimate of drug-likeness (QED) is 0.689. The SMILES string of the molecule is C=C[Si](C)(O[Si](C)(C)C(C)(C)C)N1CCN(CCC)CC1. The number of hydrogen-bond donors (Lipinski definition) is 0. The fourth-order valence-corrected chi connectivity index (χ4v) is 10.2. The molecule has 1 fully saturated rings. The molecule has 0 saturated carbocycles. The van der Waals surface area contributed by atoms with Gasteiger partial charge in [-0.25, -0.2) is 0 Å². The molecule has 0 radical (unpaired) electrons. The van der Waals surface area contributed by atoms with E-state index in [-0.39, 0.29) is 5.04 Å². The smallest absolute Gasteiger partial charge is 0.283 e.